The summed E-state index contributed by atoms with van der Waals surface area (Å²) in [6, 6.07) is 2.07. The molecule has 0 saturated carbocycles. The Morgan fingerprint density at radius 1 is 0.950 bits per heavy atom. The van der Waals surface area contributed by atoms with Gasteiger partial charge in [-0.2, -0.15) is 5.10 Å². The highest BCUT2D eigenvalue weighted by atomic mass is 15.2. The average molecular weight is 279 g/mol. The van der Waals surface area contributed by atoms with E-state index >= 15 is 0 Å². The predicted molar refractivity (Wildman–Crippen MR) is 87.9 cm³/mol. The third-order valence-electron chi connectivity index (χ3n) is 4.45. The van der Waals surface area contributed by atoms with Crippen molar-refractivity contribution >= 4 is 5.82 Å². The Bertz CT molecular complexity index is 349. The van der Waals surface area contributed by atoms with Crippen molar-refractivity contribution in [3.63, 3.8) is 0 Å². The molecule has 0 amide bonds. The molecule has 0 saturated heterocycles. The van der Waals surface area contributed by atoms with Crippen LogP contribution in [0.3, 0.4) is 0 Å². The molecule has 1 rings (SSSR count). The molecule has 0 fully saturated rings. The molecular formula is C17H33N3. The zero-order valence-corrected chi connectivity index (χ0v) is 13.7. The number of nitrogen functional groups attached to an aromatic ring is 1. The van der Waals surface area contributed by atoms with Gasteiger partial charge in [0.1, 0.15) is 5.82 Å². The van der Waals surface area contributed by atoms with Crippen LogP contribution < -0.4 is 5.73 Å². The van der Waals surface area contributed by atoms with Gasteiger partial charge in [-0.1, -0.05) is 65.7 Å². The summed E-state index contributed by atoms with van der Waals surface area (Å²) in [7, 11) is 0. The van der Waals surface area contributed by atoms with E-state index in [0.717, 1.165) is 0 Å². The first-order valence-electron chi connectivity index (χ1n) is 8.50. The topological polar surface area (TPSA) is 54.7 Å². The van der Waals surface area contributed by atoms with E-state index in [-0.39, 0.29) is 5.41 Å². The number of hydrogen-bond donors (Lipinski definition) is 2. The fourth-order valence-electron chi connectivity index (χ4n) is 3.13. The smallest absolute Gasteiger partial charge is 0.145 e. The summed E-state index contributed by atoms with van der Waals surface area (Å²) in [5.41, 5.74) is 7.39. The number of aromatic amines is 1. The lowest BCUT2D eigenvalue weighted by Crippen LogP contribution is -2.27. The number of nitrogens with zero attached hydrogens (tertiary/aromatic N) is 1. The fourth-order valence-corrected chi connectivity index (χ4v) is 3.13. The Kier molecular flexibility index (Phi) is 7.71. The summed E-state index contributed by atoms with van der Waals surface area (Å²) >= 11 is 0. The summed E-state index contributed by atoms with van der Waals surface area (Å²) in [5, 5.41) is 7.40. The Morgan fingerprint density at radius 2 is 1.50 bits per heavy atom. The molecular weight excluding hydrogens is 246 g/mol. The number of aromatic nitrogens is 2. The second-order valence-corrected chi connectivity index (χ2v) is 6.15. The van der Waals surface area contributed by atoms with Gasteiger partial charge in [0.15, 0.2) is 0 Å². The molecule has 0 aliphatic rings. The molecule has 0 spiro atoms. The largest absolute Gasteiger partial charge is 0.382 e. The first kappa shape index (κ1) is 17.1. The molecule has 3 heteroatoms. The summed E-state index contributed by atoms with van der Waals surface area (Å²) in [4.78, 5) is 0. The van der Waals surface area contributed by atoms with Crippen molar-refractivity contribution in [1.82, 2.24) is 10.2 Å². The van der Waals surface area contributed by atoms with Crippen LogP contribution in [0, 0.1) is 0 Å². The van der Waals surface area contributed by atoms with Crippen LogP contribution in [0.2, 0.25) is 0 Å². The van der Waals surface area contributed by atoms with E-state index in [1.54, 1.807) is 0 Å². The van der Waals surface area contributed by atoms with Gasteiger partial charge in [0.25, 0.3) is 0 Å². The molecule has 0 aromatic carbocycles. The van der Waals surface area contributed by atoms with Crippen molar-refractivity contribution in [2.75, 3.05) is 5.73 Å². The standard InChI is InChI=1S/C17H33N3/c1-4-7-10-13-17(11-8-5-2,12-9-6-3)15-14-16(18)20-19-15/h14H,4-13H2,1-3H3,(H3,18,19,20). The molecule has 20 heavy (non-hydrogen) atoms. The van der Waals surface area contributed by atoms with Gasteiger partial charge in [0, 0.05) is 17.2 Å². The van der Waals surface area contributed by atoms with E-state index in [9.17, 15) is 0 Å². The summed E-state index contributed by atoms with van der Waals surface area (Å²) in [5.74, 6) is 0.632. The van der Waals surface area contributed by atoms with Gasteiger partial charge in [0.05, 0.1) is 0 Å². The Labute approximate surface area is 124 Å². The van der Waals surface area contributed by atoms with Crippen LogP contribution in [0.15, 0.2) is 6.07 Å². The van der Waals surface area contributed by atoms with Gasteiger partial charge in [0.2, 0.25) is 0 Å². The normalized spacial score (nSPS) is 11.9. The van der Waals surface area contributed by atoms with Gasteiger partial charge in [-0.05, 0) is 19.3 Å². The number of unbranched alkanes of at least 4 members (excludes halogenated alkanes) is 4. The zero-order valence-electron chi connectivity index (χ0n) is 13.7. The van der Waals surface area contributed by atoms with Crippen LogP contribution in [-0.4, -0.2) is 10.2 Å². The minimum Gasteiger partial charge on any atom is -0.382 e. The SMILES string of the molecule is CCCCCC(CCCC)(CCCC)c1cc(N)n[nH]1. The van der Waals surface area contributed by atoms with Crippen LogP contribution in [0.5, 0.6) is 0 Å². The molecule has 0 unspecified atom stereocenters. The Morgan fingerprint density at radius 3 is 1.95 bits per heavy atom. The number of nitrogens with two attached hydrogens (primary N) is 1. The van der Waals surface area contributed by atoms with Crippen LogP contribution in [0.25, 0.3) is 0 Å². The molecule has 116 valence electrons. The van der Waals surface area contributed by atoms with Gasteiger partial charge >= 0.3 is 0 Å². The summed E-state index contributed by atoms with van der Waals surface area (Å²) in [6.07, 6.45) is 12.8. The average Bonchev–Trinajstić information content (AvgIpc) is 2.89. The predicted octanol–water partition coefficient (Wildman–Crippen LogP) is 5.19. The van der Waals surface area contributed by atoms with E-state index in [1.807, 2.05) is 0 Å². The summed E-state index contributed by atoms with van der Waals surface area (Å²) in [6.45, 7) is 6.82. The van der Waals surface area contributed by atoms with Crippen molar-refractivity contribution in [3.05, 3.63) is 11.8 Å². The van der Waals surface area contributed by atoms with Crippen molar-refractivity contribution in [2.45, 2.75) is 90.4 Å². The Hall–Kier alpha value is -0.990. The van der Waals surface area contributed by atoms with Gasteiger partial charge in [-0.3, -0.25) is 5.10 Å². The molecule has 1 aromatic rings. The molecule has 3 nitrogen and oxygen atoms in total. The maximum atomic E-state index is 5.85. The lowest BCUT2D eigenvalue weighted by Gasteiger charge is -2.33. The molecule has 1 heterocycles. The van der Waals surface area contributed by atoms with Crippen LogP contribution in [-0.2, 0) is 5.41 Å². The number of nitrogens with one attached hydrogen (secondary N) is 1. The third kappa shape index (κ3) is 4.84. The molecule has 0 bridgehead atoms. The molecule has 3 N–H and O–H groups in total. The van der Waals surface area contributed by atoms with E-state index in [1.165, 1.54) is 69.9 Å². The highest BCUT2D eigenvalue weighted by Crippen LogP contribution is 2.39. The molecule has 0 atom stereocenters. The van der Waals surface area contributed by atoms with E-state index in [4.69, 9.17) is 5.73 Å². The van der Waals surface area contributed by atoms with Crippen molar-refractivity contribution in [1.29, 1.82) is 0 Å². The molecule has 1 aromatic heterocycles. The quantitative estimate of drug-likeness (QED) is 0.548. The van der Waals surface area contributed by atoms with Gasteiger partial charge in [-0.25, -0.2) is 0 Å². The van der Waals surface area contributed by atoms with Gasteiger partial charge in [-0.15, -0.1) is 0 Å². The monoisotopic (exact) mass is 279 g/mol. The van der Waals surface area contributed by atoms with Crippen LogP contribution in [0.4, 0.5) is 5.82 Å². The van der Waals surface area contributed by atoms with Crippen LogP contribution in [0.1, 0.15) is 90.7 Å². The number of anilines is 1. The van der Waals surface area contributed by atoms with Gasteiger partial charge < -0.3 is 5.73 Å². The molecule has 0 aliphatic carbocycles. The van der Waals surface area contributed by atoms with Crippen molar-refractivity contribution < 1.29 is 0 Å². The van der Waals surface area contributed by atoms with Crippen molar-refractivity contribution in [2.24, 2.45) is 0 Å². The Balaban J connectivity index is 2.90. The second kappa shape index (κ2) is 9.04. The number of rotatable bonds is 11. The first-order valence-corrected chi connectivity index (χ1v) is 8.50. The van der Waals surface area contributed by atoms with Crippen LogP contribution >= 0.6 is 0 Å². The fraction of sp³-hybridized carbons (Fsp3) is 0.824. The molecule has 0 radical (unpaired) electrons. The maximum Gasteiger partial charge on any atom is 0.145 e. The first-order chi connectivity index (χ1) is 9.68. The third-order valence-corrected chi connectivity index (χ3v) is 4.45. The highest BCUT2D eigenvalue weighted by molar-refractivity contribution is 5.32. The lowest BCUT2D eigenvalue weighted by atomic mass is 9.72. The van der Waals surface area contributed by atoms with E-state index < -0.39 is 0 Å². The number of H-pyrrole nitrogens is 1. The zero-order chi connectivity index (χ0) is 14.8. The highest BCUT2D eigenvalue weighted by Gasteiger charge is 2.32. The minimum atomic E-state index is 0.270. The number of hydrogen-bond acceptors (Lipinski definition) is 2. The summed E-state index contributed by atoms with van der Waals surface area (Å²) < 4.78 is 0. The molecule has 0 aliphatic heterocycles. The van der Waals surface area contributed by atoms with E-state index in [2.05, 4.69) is 37.0 Å². The minimum absolute atomic E-state index is 0.270. The lowest BCUT2D eigenvalue weighted by molar-refractivity contribution is 0.299. The maximum absolute atomic E-state index is 5.85. The van der Waals surface area contributed by atoms with E-state index in [0.29, 0.717) is 5.82 Å². The second-order valence-electron chi connectivity index (χ2n) is 6.15. The van der Waals surface area contributed by atoms with Crippen molar-refractivity contribution in [3.8, 4) is 0 Å².